The lowest BCUT2D eigenvalue weighted by molar-refractivity contribution is -0.140. The molecule has 0 spiro atoms. The number of nitrogens with zero attached hydrogens (tertiary/aromatic N) is 1. The molecular weight excluding hydrogens is 394 g/mol. The SMILES string of the molecule is CCc1ccc(C2/C(=C(\O)c3ccc(OC)cc3C)C(=O)C(=O)N2CCCOC)cc1. The van der Waals surface area contributed by atoms with Crippen LogP contribution in [0.25, 0.3) is 5.76 Å². The van der Waals surface area contributed by atoms with Crippen molar-refractivity contribution >= 4 is 17.4 Å². The van der Waals surface area contributed by atoms with E-state index in [2.05, 4.69) is 6.92 Å². The molecule has 1 amide bonds. The van der Waals surface area contributed by atoms with E-state index in [1.807, 2.05) is 31.2 Å². The summed E-state index contributed by atoms with van der Waals surface area (Å²) in [5.74, 6) is -0.791. The Balaban J connectivity index is 2.13. The van der Waals surface area contributed by atoms with Gasteiger partial charge >= 0.3 is 0 Å². The second-order valence-electron chi connectivity index (χ2n) is 7.61. The summed E-state index contributed by atoms with van der Waals surface area (Å²) in [6, 6.07) is 12.4. The van der Waals surface area contributed by atoms with Crippen molar-refractivity contribution < 1.29 is 24.2 Å². The smallest absolute Gasteiger partial charge is 0.295 e. The van der Waals surface area contributed by atoms with Crippen LogP contribution < -0.4 is 4.74 Å². The molecule has 1 N–H and O–H groups in total. The van der Waals surface area contributed by atoms with Crippen LogP contribution in [0.2, 0.25) is 0 Å². The molecule has 1 heterocycles. The van der Waals surface area contributed by atoms with Gasteiger partial charge in [0.25, 0.3) is 11.7 Å². The van der Waals surface area contributed by atoms with Crippen LogP contribution in [-0.4, -0.2) is 49.1 Å². The molecule has 1 unspecified atom stereocenters. The fourth-order valence-electron chi connectivity index (χ4n) is 3.95. The second kappa shape index (κ2) is 9.79. The van der Waals surface area contributed by atoms with Crippen molar-refractivity contribution in [3.05, 3.63) is 70.3 Å². The van der Waals surface area contributed by atoms with Crippen molar-refractivity contribution in [2.75, 3.05) is 27.4 Å². The topological polar surface area (TPSA) is 76.1 Å². The zero-order valence-electron chi connectivity index (χ0n) is 18.5. The summed E-state index contributed by atoms with van der Waals surface area (Å²) < 4.78 is 10.4. The highest BCUT2D eigenvalue weighted by molar-refractivity contribution is 6.46. The molecule has 1 fully saturated rings. The van der Waals surface area contributed by atoms with E-state index in [1.165, 1.54) is 4.90 Å². The van der Waals surface area contributed by atoms with Crippen LogP contribution in [0.5, 0.6) is 5.75 Å². The quantitative estimate of drug-likeness (QED) is 0.300. The number of Topliss-reactive ketones (excluding diaryl/α,β-unsaturated/α-hetero) is 1. The number of benzene rings is 2. The van der Waals surface area contributed by atoms with Gasteiger partial charge in [0.15, 0.2) is 0 Å². The Bertz CT molecular complexity index is 993. The Kier molecular flexibility index (Phi) is 7.13. The van der Waals surface area contributed by atoms with Crippen LogP contribution >= 0.6 is 0 Å². The number of ketones is 1. The predicted molar refractivity (Wildman–Crippen MR) is 119 cm³/mol. The third kappa shape index (κ3) is 4.49. The van der Waals surface area contributed by atoms with E-state index in [4.69, 9.17) is 9.47 Å². The van der Waals surface area contributed by atoms with Crippen LogP contribution in [0, 0.1) is 6.92 Å². The lowest BCUT2D eigenvalue weighted by Crippen LogP contribution is -2.31. The Morgan fingerprint density at radius 1 is 1.10 bits per heavy atom. The van der Waals surface area contributed by atoms with Gasteiger partial charge in [0, 0.05) is 25.8 Å². The van der Waals surface area contributed by atoms with Gasteiger partial charge in [0.2, 0.25) is 0 Å². The van der Waals surface area contributed by atoms with Crippen LogP contribution in [0.15, 0.2) is 48.0 Å². The lowest BCUT2D eigenvalue weighted by Gasteiger charge is -2.25. The van der Waals surface area contributed by atoms with Crippen LogP contribution in [-0.2, 0) is 20.7 Å². The molecule has 0 aromatic heterocycles. The highest BCUT2D eigenvalue weighted by Crippen LogP contribution is 2.40. The number of hydrogen-bond donors (Lipinski definition) is 1. The highest BCUT2D eigenvalue weighted by atomic mass is 16.5. The first-order valence-corrected chi connectivity index (χ1v) is 10.4. The summed E-state index contributed by atoms with van der Waals surface area (Å²) in [6.45, 7) is 4.73. The highest BCUT2D eigenvalue weighted by Gasteiger charge is 2.45. The van der Waals surface area contributed by atoms with Gasteiger partial charge in [-0.1, -0.05) is 31.2 Å². The number of methoxy groups -OCH3 is 2. The van der Waals surface area contributed by atoms with E-state index in [1.54, 1.807) is 32.4 Å². The fraction of sp³-hybridized carbons (Fsp3) is 0.360. The number of likely N-dealkylation sites (tertiary alicyclic amines) is 1. The van der Waals surface area contributed by atoms with Gasteiger partial charge in [-0.05, 0) is 54.7 Å². The van der Waals surface area contributed by atoms with Gasteiger partial charge in [-0.15, -0.1) is 0 Å². The van der Waals surface area contributed by atoms with E-state index >= 15 is 0 Å². The van der Waals surface area contributed by atoms with E-state index < -0.39 is 17.7 Å². The van der Waals surface area contributed by atoms with Crippen LogP contribution in [0.1, 0.15) is 41.6 Å². The Morgan fingerprint density at radius 2 is 1.81 bits per heavy atom. The summed E-state index contributed by atoms with van der Waals surface area (Å²) in [4.78, 5) is 27.5. The largest absolute Gasteiger partial charge is 0.507 e. The van der Waals surface area contributed by atoms with Crippen LogP contribution in [0.4, 0.5) is 0 Å². The zero-order valence-corrected chi connectivity index (χ0v) is 18.5. The number of aliphatic hydroxyl groups excluding tert-OH is 1. The van der Waals surface area contributed by atoms with E-state index in [-0.39, 0.29) is 11.3 Å². The number of carbonyl (C=O) groups excluding carboxylic acids is 2. The first-order chi connectivity index (χ1) is 14.9. The Morgan fingerprint density at radius 3 is 2.39 bits per heavy atom. The van der Waals surface area contributed by atoms with Gasteiger partial charge in [0.05, 0.1) is 18.7 Å². The van der Waals surface area contributed by atoms with Crippen molar-refractivity contribution in [1.29, 1.82) is 0 Å². The fourth-order valence-corrected chi connectivity index (χ4v) is 3.95. The second-order valence-corrected chi connectivity index (χ2v) is 7.61. The van der Waals surface area contributed by atoms with Crippen molar-refractivity contribution in [1.82, 2.24) is 4.90 Å². The molecule has 0 aliphatic carbocycles. The minimum absolute atomic E-state index is 0.111. The van der Waals surface area contributed by atoms with E-state index in [0.717, 1.165) is 23.1 Å². The van der Waals surface area contributed by atoms with Gasteiger partial charge in [-0.3, -0.25) is 9.59 Å². The van der Waals surface area contributed by atoms with Gasteiger partial charge in [-0.2, -0.15) is 0 Å². The molecule has 3 rings (SSSR count). The molecule has 1 atom stereocenters. The molecule has 0 bridgehead atoms. The maximum Gasteiger partial charge on any atom is 0.295 e. The van der Waals surface area contributed by atoms with Crippen molar-refractivity contribution in [3.8, 4) is 5.75 Å². The number of ether oxygens (including phenoxy) is 2. The maximum absolute atomic E-state index is 13.0. The summed E-state index contributed by atoms with van der Waals surface area (Å²) in [7, 11) is 3.17. The molecule has 164 valence electrons. The third-order valence-electron chi connectivity index (χ3n) is 5.68. The molecule has 2 aromatic carbocycles. The number of rotatable bonds is 8. The molecule has 6 nitrogen and oxygen atoms in total. The monoisotopic (exact) mass is 423 g/mol. The summed E-state index contributed by atoms with van der Waals surface area (Å²) in [5.41, 5.74) is 3.32. The molecule has 0 saturated carbocycles. The summed E-state index contributed by atoms with van der Waals surface area (Å²) in [5, 5.41) is 11.2. The summed E-state index contributed by atoms with van der Waals surface area (Å²) in [6.07, 6.45) is 1.48. The van der Waals surface area contributed by atoms with Gasteiger partial charge in [0.1, 0.15) is 11.5 Å². The molecule has 2 aromatic rings. The van der Waals surface area contributed by atoms with Crippen molar-refractivity contribution in [2.45, 2.75) is 32.7 Å². The molecule has 31 heavy (non-hydrogen) atoms. The number of aryl methyl sites for hydroxylation is 2. The number of carbonyl (C=O) groups is 2. The van der Waals surface area contributed by atoms with Crippen molar-refractivity contribution in [3.63, 3.8) is 0 Å². The lowest BCUT2D eigenvalue weighted by atomic mass is 9.93. The van der Waals surface area contributed by atoms with Crippen LogP contribution in [0.3, 0.4) is 0 Å². The van der Waals surface area contributed by atoms with E-state index in [9.17, 15) is 14.7 Å². The molecule has 1 aliphatic heterocycles. The molecule has 1 saturated heterocycles. The average molecular weight is 424 g/mol. The first-order valence-electron chi connectivity index (χ1n) is 10.4. The molecule has 1 aliphatic rings. The van der Waals surface area contributed by atoms with Gasteiger partial charge in [-0.25, -0.2) is 0 Å². The standard InChI is InChI=1S/C25H29NO5/c1-5-17-7-9-18(10-8-17)22-21(24(28)25(29)26(22)13-6-14-30-3)23(27)20-12-11-19(31-4)15-16(20)2/h7-12,15,22,27H,5-6,13-14H2,1-4H3/b23-21+. The first kappa shape index (κ1) is 22.6. The number of amides is 1. The molecule has 0 radical (unpaired) electrons. The number of hydrogen-bond acceptors (Lipinski definition) is 5. The Labute approximate surface area is 183 Å². The third-order valence-corrected chi connectivity index (χ3v) is 5.68. The minimum Gasteiger partial charge on any atom is -0.507 e. The van der Waals surface area contributed by atoms with E-state index in [0.29, 0.717) is 30.9 Å². The zero-order chi connectivity index (χ0) is 22.5. The molecule has 6 heteroatoms. The van der Waals surface area contributed by atoms with Gasteiger partial charge < -0.3 is 19.5 Å². The Hall–Kier alpha value is -3.12. The van der Waals surface area contributed by atoms with Crippen molar-refractivity contribution in [2.24, 2.45) is 0 Å². The maximum atomic E-state index is 13.0. The summed E-state index contributed by atoms with van der Waals surface area (Å²) >= 11 is 0. The minimum atomic E-state index is -0.672. The average Bonchev–Trinajstić information content (AvgIpc) is 3.03. The number of aliphatic hydroxyl groups is 1. The molecular formula is C25H29NO5. The normalized spacial score (nSPS) is 17.9. The predicted octanol–water partition coefficient (Wildman–Crippen LogP) is 4.02.